The van der Waals surface area contributed by atoms with Crippen molar-refractivity contribution in [3.8, 4) is 11.5 Å². The molecule has 1 fully saturated rings. The predicted octanol–water partition coefficient (Wildman–Crippen LogP) is 2.42. The first-order chi connectivity index (χ1) is 10.7. The van der Waals surface area contributed by atoms with Gasteiger partial charge in [0.05, 0.1) is 13.7 Å². The number of aromatic nitrogens is 2. The molecule has 0 unspecified atom stereocenters. The van der Waals surface area contributed by atoms with Crippen LogP contribution >= 0.6 is 11.3 Å². The fourth-order valence-corrected chi connectivity index (χ4v) is 3.19. The van der Waals surface area contributed by atoms with Gasteiger partial charge in [-0.3, -0.25) is 0 Å². The van der Waals surface area contributed by atoms with E-state index in [1.54, 1.807) is 7.11 Å². The number of anilines is 2. The van der Waals surface area contributed by atoms with E-state index in [0.29, 0.717) is 11.0 Å². The average Bonchev–Trinajstić information content (AvgIpc) is 3.00. The first kappa shape index (κ1) is 14.9. The molecule has 0 aliphatic carbocycles. The highest BCUT2D eigenvalue weighted by atomic mass is 32.1. The number of nitrogens with two attached hydrogens (primary N) is 1. The SMILES string of the molecule is COc1ccc(OCC2CCN(c3nnc(N)s3)CC2)cc1. The lowest BCUT2D eigenvalue weighted by molar-refractivity contribution is 0.222. The molecule has 2 aromatic rings. The summed E-state index contributed by atoms with van der Waals surface area (Å²) >= 11 is 1.45. The number of methoxy groups -OCH3 is 1. The van der Waals surface area contributed by atoms with E-state index in [-0.39, 0.29) is 0 Å². The van der Waals surface area contributed by atoms with E-state index in [2.05, 4.69) is 15.1 Å². The first-order valence-electron chi connectivity index (χ1n) is 7.35. The lowest BCUT2D eigenvalue weighted by Crippen LogP contribution is -2.35. The van der Waals surface area contributed by atoms with Gasteiger partial charge in [-0.05, 0) is 43.0 Å². The van der Waals surface area contributed by atoms with Crippen molar-refractivity contribution in [2.24, 2.45) is 5.92 Å². The monoisotopic (exact) mass is 320 g/mol. The van der Waals surface area contributed by atoms with Crippen LogP contribution in [-0.2, 0) is 0 Å². The van der Waals surface area contributed by atoms with E-state index in [1.165, 1.54) is 11.3 Å². The van der Waals surface area contributed by atoms with Crippen molar-refractivity contribution in [3.63, 3.8) is 0 Å². The molecule has 1 saturated heterocycles. The van der Waals surface area contributed by atoms with Gasteiger partial charge in [0, 0.05) is 13.1 Å². The van der Waals surface area contributed by atoms with E-state index < -0.39 is 0 Å². The Labute approximate surface area is 133 Å². The fraction of sp³-hybridized carbons (Fsp3) is 0.467. The Balaban J connectivity index is 1.45. The van der Waals surface area contributed by atoms with Crippen molar-refractivity contribution >= 4 is 21.6 Å². The molecular weight excluding hydrogens is 300 g/mol. The number of nitrogens with zero attached hydrogens (tertiary/aromatic N) is 3. The van der Waals surface area contributed by atoms with E-state index in [4.69, 9.17) is 15.2 Å². The van der Waals surface area contributed by atoms with Crippen LogP contribution in [-0.4, -0.2) is 37.0 Å². The zero-order chi connectivity index (χ0) is 15.4. The largest absolute Gasteiger partial charge is 0.497 e. The van der Waals surface area contributed by atoms with E-state index in [9.17, 15) is 0 Å². The standard InChI is InChI=1S/C15H20N4O2S/c1-20-12-2-4-13(5-3-12)21-10-11-6-8-19(9-7-11)15-18-17-14(16)22-15/h2-5,11H,6-10H2,1H3,(H2,16,17). The van der Waals surface area contributed by atoms with Crippen LogP contribution in [0.3, 0.4) is 0 Å². The van der Waals surface area contributed by atoms with Crippen molar-refractivity contribution < 1.29 is 9.47 Å². The summed E-state index contributed by atoms with van der Waals surface area (Å²) in [4.78, 5) is 2.25. The Hall–Kier alpha value is -2.02. The minimum atomic E-state index is 0.528. The first-order valence-corrected chi connectivity index (χ1v) is 8.17. The van der Waals surface area contributed by atoms with Gasteiger partial charge >= 0.3 is 0 Å². The Morgan fingerprint density at radius 2 is 1.86 bits per heavy atom. The Morgan fingerprint density at radius 1 is 1.18 bits per heavy atom. The lowest BCUT2D eigenvalue weighted by Gasteiger charge is -2.31. The van der Waals surface area contributed by atoms with Crippen LogP contribution in [0.5, 0.6) is 11.5 Å². The molecule has 0 spiro atoms. The highest BCUT2D eigenvalue weighted by molar-refractivity contribution is 7.18. The molecule has 118 valence electrons. The summed E-state index contributed by atoms with van der Waals surface area (Å²) in [5.41, 5.74) is 5.63. The molecule has 2 N–H and O–H groups in total. The van der Waals surface area contributed by atoms with Crippen molar-refractivity contribution in [2.75, 3.05) is 37.4 Å². The molecular formula is C15H20N4O2S. The molecule has 0 atom stereocenters. The Bertz CT molecular complexity index is 594. The summed E-state index contributed by atoms with van der Waals surface area (Å²) in [5.74, 6) is 2.31. The maximum absolute atomic E-state index is 5.87. The average molecular weight is 320 g/mol. The summed E-state index contributed by atoms with van der Waals surface area (Å²) in [6, 6.07) is 7.71. The number of ether oxygens (including phenoxy) is 2. The molecule has 3 rings (SSSR count). The topological polar surface area (TPSA) is 73.5 Å². The summed E-state index contributed by atoms with van der Waals surface area (Å²) < 4.78 is 11.0. The van der Waals surface area contributed by atoms with Crippen LogP contribution in [0.1, 0.15) is 12.8 Å². The number of piperidine rings is 1. The van der Waals surface area contributed by atoms with Gasteiger partial charge in [-0.1, -0.05) is 11.3 Å². The van der Waals surface area contributed by atoms with Crippen LogP contribution in [0.4, 0.5) is 10.3 Å². The highest BCUT2D eigenvalue weighted by Crippen LogP contribution is 2.27. The van der Waals surface area contributed by atoms with Gasteiger partial charge in [0.15, 0.2) is 0 Å². The maximum atomic E-state index is 5.87. The van der Waals surface area contributed by atoms with Gasteiger partial charge < -0.3 is 20.1 Å². The van der Waals surface area contributed by atoms with Gasteiger partial charge in [-0.25, -0.2) is 0 Å². The van der Waals surface area contributed by atoms with Crippen LogP contribution in [0, 0.1) is 5.92 Å². The second-order valence-corrected chi connectivity index (χ2v) is 6.33. The minimum absolute atomic E-state index is 0.528. The molecule has 2 heterocycles. The third-order valence-corrected chi connectivity index (χ3v) is 4.67. The third-order valence-electron chi connectivity index (χ3n) is 3.86. The van der Waals surface area contributed by atoms with Crippen LogP contribution in [0.2, 0.25) is 0 Å². The molecule has 7 heteroatoms. The van der Waals surface area contributed by atoms with Gasteiger partial charge in [0.25, 0.3) is 0 Å². The van der Waals surface area contributed by atoms with Gasteiger partial charge in [-0.15, -0.1) is 10.2 Å². The summed E-state index contributed by atoms with van der Waals surface area (Å²) in [6.45, 7) is 2.70. The third kappa shape index (κ3) is 3.59. The van der Waals surface area contributed by atoms with Crippen molar-refractivity contribution in [1.29, 1.82) is 0 Å². The molecule has 1 aliphatic rings. The summed E-state index contributed by atoms with van der Waals surface area (Å²) in [6.07, 6.45) is 2.19. The quantitative estimate of drug-likeness (QED) is 0.912. The van der Waals surface area contributed by atoms with Crippen LogP contribution in [0.15, 0.2) is 24.3 Å². The van der Waals surface area contributed by atoms with E-state index >= 15 is 0 Å². The van der Waals surface area contributed by atoms with Crippen molar-refractivity contribution in [3.05, 3.63) is 24.3 Å². The molecule has 22 heavy (non-hydrogen) atoms. The Kier molecular flexibility index (Phi) is 4.62. The number of nitrogen functional groups attached to an aromatic ring is 1. The van der Waals surface area contributed by atoms with Gasteiger partial charge in [0.2, 0.25) is 10.3 Å². The lowest BCUT2D eigenvalue weighted by atomic mass is 9.98. The predicted molar refractivity (Wildman–Crippen MR) is 87.7 cm³/mol. The molecule has 0 radical (unpaired) electrons. The molecule has 1 aromatic carbocycles. The number of benzene rings is 1. The number of rotatable bonds is 5. The van der Waals surface area contributed by atoms with Gasteiger partial charge in [0.1, 0.15) is 11.5 Å². The molecule has 0 amide bonds. The van der Waals surface area contributed by atoms with Crippen LogP contribution < -0.4 is 20.1 Å². The zero-order valence-corrected chi connectivity index (χ0v) is 13.4. The molecule has 1 aliphatic heterocycles. The van der Waals surface area contributed by atoms with Crippen molar-refractivity contribution in [2.45, 2.75) is 12.8 Å². The number of hydrogen-bond donors (Lipinski definition) is 1. The van der Waals surface area contributed by atoms with E-state index in [0.717, 1.165) is 49.2 Å². The Morgan fingerprint density at radius 3 is 2.45 bits per heavy atom. The second-order valence-electron chi connectivity index (χ2n) is 5.34. The minimum Gasteiger partial charge on any atom is -0.497 e. The highest BCUT2D eigenvalue weighted by Gasteiger charge is 2.22. The summed E-state index contributed by atoms with van der Waals surface area (Å²) in [5, 5.41) is 9.42. The number of hydrogen-bond acceptors (Lipinski definition) is 7. The van der Waals surface area contributed by atoms with Crippen molar-refractivity contribution in [1.82, 2.24) is 10.2 Å². The molecule has 6 nitrogen and oxygen atoms in total. The molecule has 0 bridgehead atoms. The smallest absolute Gasteiger partial charge is 0.209 e. The van der Waals surface area contributed by atoms with Gasteiger partial charge in [-0.2, -0.15) is 0 Å². The fourth-order valence-electron chi connectivity index (χ4n) is 2.53. The second kappa shape index (κ2) is 6.83. The molecule has 1 aromatic heterocycles. The van der Waals surface area contributed by atoms with E-state index in [1.807, 2.05) is 24.3 Å². The maximum Gasteiger partial charge on any atom is 0.209 e. The normalized spacial score (nSPS) is 15.8. The summed E-state index contributed by atoms with van der Waals surface area (Å²) in [7, 11) is 1.66. The van der Waals surface area contributed by atoms with Crippen LogP contribution in [0.25, 0.3) is 0 Å². The zero-order valence-electron chi connectivity index (χ0n) is 12.6. The molecule has 0 saturated carbocycles.